The molecule has 0 spiro atoms. The van der Waals surface area contributed by atoms with Crippen molar-refractivity contribution in [1.82, 2.24) is 10.9 Å². The van der Waals surface area contributed by atoms with Crippen molar-refractivity contribution in [2.75, 3.05) is 0 Å². The average molecular weight is 167 g/mol. The summed E-state index contributed by atoms with van der Waals surface area (Å²) >= 11 is 0. The van der Waals surface area contributed by atoms with Crippen LogP contribution in [0.4, 0.5) is 0 Å². The topological polar surface area (TPSA) is 64.9 Å². The van der Waals surface area contributed by atoms with E-state index in [2.05, 4.69) is 16.9 Å². The molecule has 0 radical (unpaired) electrons. The lowest BCUT2D eigenvalue weighted by Gasteiger charge is -2.21. The third-order valence-electron chi connectivity index (χ3n) is 2.15. The Labute approximate surface area is 71.9 Å². The van der Waals surface area contributed by atoms with Crippen molar-refractivity contribution in [2.24, 2.45) is 0 Å². The number of nitrogens with one attached hydrogen (secondary N) is 2. The van der Waals surface area contributed by atoms with Crippen molar-refractivity contribution < 1.29 is 4.79 Å². The first-order valence-corrected chi connectivity index (χ1v) is 4.13. The van der Waals surface area contributed by atoms with Crippen molar-refractivity contribution >= 4 is 5.91 Å². The molecule has 0 aliphatic heterocycles. The number of amides is 1. The maximum atomic E-state index is 10.6. The normalized spacial score (nSPS) is 20.0. The molecule has 2 N–H and O–H groups in total. The SMILES string of the molecule is CC(=O)NNC1(C#N)CCCC1. The lowest BCUT2D eigenvalue weighted by Crippen LogP contribution is -2.51. The number of carbonyl (C=O) groups is 1. The molecule has 0 bridgehead atoms. The maximum absolute atomic E-state index is 10.6. The second-order valence-corrected chi connectivity index (χ2v) is 3.21. The molecule has 0 heterocycles. The van der Waals surface area contributed by atoms with Gasteiger partial charge >= 0.3 is 0 Å². The van der Waals surface area contributed by atoms with E-state index in [-0.39, 0.29) is 5.91 Å². The first-order valence-electron chi connectivity index (χ1n) is 4.13. The molecular formula is C8H13N3O. The van der Waals surface area contributed by atoms with Crippen LogP contribution in [0.3, 0.4) is 0 Å². The Bertz CT molecular complexity index is 213. The van der Waals surface area contributed by atoms with Gasteiger partial charge in [-0.3, -0.25) is 10.2 Å². The van der Waals surface area contributed by atoms with Gasteiger partial charge in [0.25, 0.3) is 0 Å². The third-order valence-corrected chi connectivity index (χ3v) is 2.15. The van der Waals surface area contributed by atoms with Crippen LogP contribution in [0.25, 0.3) is 0 Å². The number of hydrogen-bond donors (Lipinski definition) is 2. The molecule has 4 heteroatoms. The van der Waals surface area contributed by atoms with Gasteiger partial charge in [-0.05, 0) is 12.8 Å². The summed E-state index contributed by atoms with van der Waals surface area (Å²) < 4.78 is 0. The van der Waals surface area contributed by atoms with Crippen LogP contribution in [0.15, 0.2) is 0 Å². The summed E-state index contributed by atoms with van der Waals surface area (Å²) in [6.07, 6.45) is 3.76. The zero-order valence-electron chi connectivity index (χ0n) is 7.18. The van der Waals surface area contributed by atoms with Crippen LogP contribution in [-0.4, -0.2) is 11.4 Å². The van der Waals surface area contributed by atoms with E-state index in [9.17, 15) is 4.79 Å². The maximum Gasteiger partial charge on any atom is 0.231 e. The van der Waals surface area contributed by atoms with E-state index in [0.29, 0.717) is 0 Å². The van der Waals surface area contributed by atoms with E-state index in [4.69, 9.17) is 5.26 Å². The smallest absolute Gasteiger partial charge is 0.231 e. The average Bonchev–Trinajstić information content (AvgIpc) is 2.50. The van der Waals surface area contributed by atoms with E-state index in [1.807, 2.05) is 0 Å². The summed E-state index contributed by atoms with van der Waals surface area (Å²) in [6, 6.07) is 2.21. The number of nitriles is 1. The van der Waals surface area contributed by atoms with E-state index in [1.165, 1.54) is 6.92 Å². The molecule has 1 amide bonds. The first kappa shape index (κ1) is 9.01. The second-order valence-electron chi connectivity index (χ2n) is 3.21. The minimum absolute atomic E-state index is 0.156. The molecular weight excluding hydrogens is 154 g/mol. The van der Waals surface area contributed by atoms with Gasteiger partial charge in [-0.15, -0.1) is 0 Å². The molecule has 1 aliphatic rings. The van der Waals surface area contributed by atoms with Crippen molar-refractivity contribution in [3.8, 4) is 6.07 Å². The fourth-order valence-electron chi connectivity index (χ4n) is 1.45. The van der Waals surface area contributed by atoms with Gasteiger partial charge in [-0.2, -0.15) is 5.26 Å². The van der Waals surface area contributed by atoms with Gasteiger partial charge < -0.3 is 0 Å². The summed E-state index contributed by atoms with van der Waals surface area (Å²) in [5, 5.41) is 8.87. The highest BCUT2D eigenvalue weighted by Crippen LogP contribution is 2.27. The summed E-state index contributed by atoms with van der Waals surface area (Å²) in [5.41, 5.74) is 4.74. The number of carbonyl (C=O) groups excluding carboxylic acids is 1. The van der Waals surface area contributed by atoms with Crippen LogP contribution < -0.4 is 10.9 Å². The lowest BCUT2D eigenvalue weighted by molar-refractivity contribution is -0.120. The van der Waals surface area contributed by atoms with Gasteiger partial charge in [-0.25, -0.2) is 5.43 Å². The van der Waals surface area contributed by atoms with Gasteiger partial charge in [0, 0.05) is 6.92 Å². The number of hydrazine groups is 1. The van der Waals surface area contributed by atoms with Crippen LogP contribution in [0.2, 0.25) is 0 Å². The van der Waals surface area contributed by atoms with Crippen LogP contribution in [-0.2, 0) is 4.79 Å². The summed E-state index contributed by atoms with van der Waals surface area (Å²) in [6.45, 7) is 1.42. The highest BCUT2D eigenvalue weighted by atomic mass is 16.2. The van der Waals surface area contributed by atoms with E-state index < -0.39 is 5.54 Å². The number of hydrogen-bond acceptors (Lipinski definition) is 3. The zero-order chi connectivity index (χ0) is 9.03. The Kier molecular flexibility index (Phi) is 2.66. The minimum Gasteiger partial charge on any atom is -0.290 e. The molecule has 1 fully saturated rings. The predicted octanol–water partition coefficient (Wildman–Crippen LogP) is 0.463. The summed E-state index contributed by atoms with van der Waals surface area (Å²) in [7, 11) is 0. The Balaban J connectivity index is 2.46. The van der Waals surface area contributed by atoms with E-state index >= 15 is 0 Å². The van der Waals surface area contributed by atoms with Gasteiger partial charge in [0.2, 0.25) is 5.91 Å². The monoisotopic (exact) mass is 167 g/mol. The van der Waals surface area contributed by atoms with Gasteiger partial charge in [-0.1, -0.05) is 12.8 Å². The molecule has 1 rings (SSSR count). The molecule has 0 unspecified atom stereocenters. The molecule has 0 saturated heterocycles. The van der Waals surface area contributed by atoms with Crippen molar-refractivity contribution in [2.45, 2.75) is 38.1 Å². The van der Waals surface area contributed by atoms with Crippen LogP contribution >= 0.6 is 0 Å². The molecule has 0 aromatic heterocycles. The Morgan fingerprint density at radius 3 is 2.50 bits per heavy atom. The largest absolute Gasteiger partial charge is 0.290 e. The molecule has 12 heavy (non-hydrogen) atoms. The minimum atomic E-state index is -0.508. The van der Waals surface area contributed by atoms with Gasteiger partial charge in [0.05, 0.1) is 6.07 Å². The first-order chi connectivity index (χ1) is 5.68. The fraction of sp³-hybridized carbons (Fsp3) is 0.750. The lowest BCUT2D eigenvalue weighted by atomic mass is 10.0. The zero-order valence-corrected chi connectivity index (χ0v) is 7.18. The predicted molar refractivity (Wildman–Crippen MR) is 43.8 cm³/mol. The highest BCUT2D eigenvalue weighted by molar-refractivity contribution is 5.72. The molecule has 0 atom stereocenters. The fourth-order valence-corrected chi connectivity index (χ4v) is 1.45. The molecule has 1 saturated carbocycles. The van der Waals surface area contributed by atoms with Gasteiger partial charge in [0.15, 0.2) is 0 Å². The van der Waals surface area contributed by atoms with Gasteiger partial charge in [0.1, 0.15) is 5.54 Å². The third kappa shape index (κ3) is 1.95. The Morgan fingerprint density at radius 2 is 2.08 bits per heavy atom. The van der Waals surface area contributed by atoms with Crippen LogP contribution in [0.5, 0.6) is 0 Å². The molecule has 4 nitrogen and oxygen atoms in total. The van der Waals surface area contributed by atoms with Crippen molar-refractivity contribution in [1.29, 1.82) is 5.26 Å². The summed E-state index contributed by atoms with van der Waals surface area (Å²) in [4.78, 5) is 10.6. The van der Waals surface area contributed by atoms with E-state index in [0.717, 1.165) is 25.7 Å². The summed E-state index contributed by atoms with van der Waals surface area (Å²) in [5.74, 6) is -0.156. The second kappa shape index (κ2) is 3.55. The molecule has 1 aliphatic carbocycles. The molecule has 66 valence electrons. The van der Waals surface area contributed by atoms with Crippen molar-refractivity contribution in [3.63, 3.8) is 0 Å². The van der Waals surface area contributed by atoms with Crippen LogP contribution in [0.1, 0.15) is 32.6 Å². The highest BCUT2D eigenvalue weighted by Gasteiger charge is 2.33. The Morgan fingerprint density at radius 1 is 1.50 bits per heavy atom. The molecule has 0 aromatic rings. The van der Waals surface area contributed by atoms with Crippen molar-refractivity contribution in [3.05, 3.63) is 0 Å². The number of rotatable bonds is 2. The van der Waals surface area contributed by atoms with Crippen LogP contribution in [0, 0.1) is 11.3 Å². The van der Waals surface area contributed by atoms with E-state index in [1.54, 1.807) is 0 Å². The number of nitrogens with zero attached hydrogens (tertiary/aromatic N) is 1. The Hall–Kier alpha value is -1.08. The molecule has 0 aromatic carbocycles. The standard InChI is InChI=1S/C8H13N3O/c1-7(12)10-11-8(6-9)4-2-3-5-8/h11H,2-5H2,1H3,(H,10,12). The quantitative estimate of drug-likeness (QED) is 0.587.